The van der Waals surface area contributed by atoms with Crippen LogP contribution in [-0.2, 0) is 9.53 Å². The Balaban J connectivity index is 1.84. The minimum Gasteiger partial charge on any atom is -0.500 e. The zero-order valence-corrected chi connectivity index (χ0v) is 17.1. The molecule has 0 bridgehead atoms. The van der Waals surface area contributed by atoms with Crippen molar-refractivity contribution in [2.75, 3.05) is 7.11 Å². The largest absolute Gasteiger partial charge is 0.500 e. The topological polar surface area (TPSA) is 115 Å². The number of carbonyl (C=O) groups is 1. The normalized spacial score (nSPS) is 11.2. The summed E-state index contributed by atoms with van der Waals surface area (Å²) >= 11 is 0. The van der Waals surface area contributed by atoms with Crippen molar-refractivity contribution in [1.29, 1.82) is 5.26 Å². The average molecular weight is 417 g/mol. The molecule has 0 unspecified atom stereocenters. The molecule has 1 heterocycles. The van der Waals surface area contributed by atoms with E-state index in [0.717, 1.165) is 0 Å². The van der Waals surface area contributed by atoms with Crippen LogP contribution < -0.4 is 9.47 Å². The highest BCUT2D eigenvalue weighted by molar-refractivity contribution is 6.16. The van der Waals surface area contributed by atoms with Crippen LogP contribution in [-0.4, -0.2) is 28.2 Å². The number of benzene rings is 2. The van der Waals surface area contributed by atoms with Gasteiger partial charge in [0.05, 0.1) is 18.4 Å². The molecule has 0 saturated carbocycles. The molecule has 31 heavy (non-hydrogen) atoms. The van der Waals surface area contributed by atoms with E-state index in [2.05, 4.69) is 16.0 Å². The first-order valence-corrected chi connectivity index (χ1v) is 9.20. The standard InChI is InChI=1S/C23H19N3O5/c1-14-19(21(22(27)28)15(2)29-3)13-25-23(26-14)31-18-9-6-8-17(11-18)30-20-10-5-4-7-16(20)12-24/h4-11,13H,1-3H3,(H,27,28). The number of carboxylic acids is 1. The molecule has 3 aromatic rings. The van der Waals surface area contributed by atoms with E-state index < -0.39 is 5.97 Å². The molecule has 0 aliphatic heterocycles. The second-order valence-corrected chi connectivity index (χ2v) is 6.38. The predicted octanol–water partition coefficient (Wildman–Crippen LogP) is 4.70. The van der Waals surface area contributed by atoms with Crippen LogP contribution >= 0.6 is 0 Å². The Bertz CT molecular complexity index is 1200. The fourth-order valence-corrected chi connectivity index (χ4v) is 2.78. The maximum Gasteiger partial charge on any atom is 0.339 e. The van der Waals surface area contributed by atoms with Gasteiger partial charge in [-0.05, 0) is 38.1 Å². The van der Waals surface area contributed by atoms with Gasteiger partial charge in [-0.2, -0.15) is 10.2 Å². The Morgan fingerprint density at radius 3 is 2.45 bits per heavy atom. The van der Waals surface area contributed by atoms with E-state index in [1.54, 1.807) is 62.4 Å². The van der Waals surface area contributed by atoms with Crippen molar-refractivity contribution in [2.24, 2.45) is 0 Å². The summed E-state index contributed by atoms with van der Waals surface area (Å²) in [7, 11) is 1.40. The lowest BCUT2D eigenvalue weighted by Gasteiger charge is -2.11. The Morgan fingerprint density at radius 2 is 1.81 bits per heavy atom. The number of methoxy groups -OCH3 is 1. The van der Waals surface area contributed by atoms with Gasteiger partial charge in [0.2, 0.25) is 0 Å². The fraction of sp³-hybridized carbons (Fsp3) is 0.130. The molecule has 0 amide bonds. The maximum atomic E-state index is 11.6. The molecule has 0 saturated heterocycles. The number of aliphatic carboxylic acids is 1. The van der Waals surface area contributed by atoms with Gasteiger partial charge >= 0.3 is 12.0 Å². The number of aryl methyl sites for hydroxylation is 1. The molecule has 0 atom stereocenters. The van der Waals surface area contributed by atoms with E-state index in [4.69, 9.17) is 14.2 Å². The minimum absolute atomic E-state index is 0.0156. The van der Waals surface area contributed by atoms with Gasteiger partial charge in [0.15, 0.2) is 0 Å². The quantitative estimate of drug-likeness (QED) is 0.434. The Labute approximate surface area is 179 Å². The highest BCUT2D eigenvalue weighted by atomic mass is 16.5. The summed E-state index contributed by atoms with van der Waals surface area (Å²) < 4.78 is 16.6. The number of aromatic nitrogens is 2. The van der Waals surface area contributed by atoms with Crippen molar-refractivity contribution in [2.45, 2.75) is 13.8 Å². The summed E-state index contributed by atoms with van der Waals surface area (Å²) in [4.78, 5) is 20.0. The predicted molar refractivity (Wildman–Crippen MR) is 112 cm³/mol. The van der Waals surface area contributed by atoms with Gasteiger partial charge in [-0.1, -0.05) is 18.2 Å². The third-order valence-electron chi connectivity index (χ3n) is 4.35. The van der Waals surface area contributed by atoms with Crippen LogP contribution in [0.5, 0.6) is 23.3 Å². The van der Waals surface area contributed by atoms with Gasteiger partial charge < -0.3 is 19.3 Å². The minimum atomic E-state index is -1.14. The Kier molecular flexibility index (Phi) is 6.48. The van der Waals surface area contributed by atoms with E-state index in [1.165, 1.54) is 13.3 Å². The third kappa shape index (κ3) is 4.97. The van der Waals surface area contributed by atoms with Crippen molar-refractivity contribution in [3.63, 3.8) is 0 Å². The molecule has 3 rings (SSSR count). The monoisotopic (exact) mass is 417 g/mol. The van der Waals surface area contributed by atoms with Crippen molar-refractivity contribution in [1.82, 2.24) is 9.97 Å². The smallest absolute Gasteiger partial charge is 0.339 e. The molecule has 0 spiro atoms. The van der Waals surface area contributed by atoms with Gasteiger partial charge in [0, 0.05) is 17.8 Å². The van der Waals surface area contributed by atoms with E-state index in [1.807, 2.05) is 0 Å². The molecule has 1 N–H and O–H groups in total. The molecule has 2 aromatic carbocycles. The number of hydrogen-bond donors (Lipinski definition) is 1. The number of allylic oxidation sites excluding steroid dienone is 1. The zero-order chi connectivity index (χ0) is 22.4. The number of para-hydroxylation sites is 1. The van der Waals surface area contributed by atoms with Crippen LogP contribution in [0.2, 0.25) is 0 Å². The average Bonchev–Trinajstić information content (AvgIpc) is 2.75. The molecule has 8 heteroatoms. The summed E-state index contributed by atoms with van der Waals surface area (Å²) in [6, 6.07) is 15.8. The van der Waals surface area contributed by atoms with Crippen LogP contribution in [0.4, 0.5) is 0 Å². The van der Waals surface area contributed by atoms with E-state index in [9.17, 15) is 15.2 Å². The fourth-order valence-electron chi connectivity index (χ4n) is 2.78. The van der Waals surface area contributed by atoms with E-state index >= 15 is 0 Å². The second kappa shape index (κ2) is 9.41. The Hall–Kier alpha value is -4.38. The van der Waals surface area contributed by atoms with Crippen LogP contribution in [0.25, 0.3) is 5.57 Å². The van der Waals surface area contributed by atoms with E-state index in [-0.39, 0.29) is 17.3 Å². The number of ether oxygens (including phenoxy) is 3. The molecule has 156 valence electrons. The van der Waals surface area contributed by atoms with Crippen molar-refractivity contribution in [3.8, 4) is 29.3 Å². The lowest BCUT2D eigenvalue weighted by molar-refractivity contribution is -0.130. The second-order valence-electron chi connectivity index (χ2n) is 6.38. The van der Waals surface area contributed by atoms with Crippen LogP contribution in [0.15, 0.2) is 60.5 Å². The molecular formula is C23H19N3O5. The van der Waals surface area contributed by atoms with Gasteiger partial charge in [-0.3, -0.25) is 0 Å². The molecule has 0 aliphatic carbocycles. The molecular weight excluding hydrogens is 398 g/mol. The maximum absolute atomic E-state index is 11.6. The highest BCUT2D eigenvalue weighted by Gasteiger charge is 2.19. The van der Waals surface area contributed by atoms with Crippen LogP contribution in [0.1, 0.15) is 23.7 Å². The number of rotatable bonds is 7. The van der Waals surface area contributed by atoms with Crippen molar-refractivity contribution in [3.05, 3.63) is 77.3 Å². The summed E-state index contributed by atoms with van der Waals surface area (Å²) in [5.41, 5.74) is 1.16. The SMILES string of the molecule is COC(C)=C(C(=O)O)c1cnc(Oc2cccc(Oc3ccccc3C#N)c2)nc1C. The molecule has 0 fully saturated rings. The van der Waals surface area contributed by atoms with Crippen molar-refractivity contribution < 1.29 is 24.1 Å². The summed E-state index contributed by atoms with van der Waals surface area (Å²) in [5.74, 6) is 0.430. The van der Waals surface area contributed by atoms with Crippen LogP contribution in [0, 0.1) is 18.3 Å². The third-order valence-corrected chi connectivity index (χ3v) is 4.35. The summed E-state index contributed by atoms with van der Waals surface area (Å²) in [6.45, 7) is 3.22. The molecule has 8 nitrogen and oxygen atoms in total. The summed E-state index contributed by atoms with van der Waals surface area (Å²) in [6.07, 6.45) is 1.38. The first-order chi connectivity index (χ1) is 14.9. The van der Waals surface area contributed by atoms with Gasteiger partial charge in [-0.25, -0.2) is 9.78 Å². The Morgan fingerprint density at radius 1 is 1.10 bits per heavy atom. The number of nitriles is 1. The first kappa shape index (κ1) is 21.3. The van der Waals surface area contributed by atoms with Gasteiger partial charge in [0.1, 0.15) is 34.7 Å². The first-order valence-electron chi connectivity index (χ1n) is 9.20. The van der Waals surface area contributed by atoms with Crippen molar-refractivity contribution >= 4 is 11.5 Å². The molecule has 1 aromatic heterocycles. The lowest BCUT2D eigenvalue weighted by atomic mass is 10.1. The van der Waals surface area contributed by atoms with E-state index in [0.29, 0.717) is 34.1 Å². The van der Waals surface area contributed by atoms with Gasteiger partial charge in [-0.15, -0.1) is 0 Å². The zero-order valence-electron chi connectivity index (χ0n) is 17.1. The number of hydrogen-bond acceptors (Lipinski definition) is 7. The highest BCUT2D eigenvalue weighted by Crippen LogP contribution is 2.29. The molecule has 0 radical (unpaired) electrons. The summed E-state index contributed by atoms with van der Waals surface area (Å²) in [5, 5.41) is 18.7. The number of nitrogens with zero attached hydrogens (tertiary/aromatic N) is 3. The molecule has 0 aliphatic rings. The van der Waals surface area contributed by atoms with Gasteiger partial charge in [0.25, 0.3) is 0 Å². The lowest BCUT2D eigenvalue weighted by Crippen LogP contribution is -2.07. The number of carboxylic acid groups (broad SMARTS) is 1. The van der Waals surface area contributed by atoms with Crippen LogP contribution in [0.3, 0.4) is 0 Å².